The van der Waals surface area contributed by atoms with Gasteiger partial charge in [-0.3, -0.25) is 9.69 Å². The molecule has 0 spiro atoms. The van der Waals surface area contributed by atoms with E-state index in [0.29, 0.717) is 11.3 Å². The topological polar surface area (TPSA) is 66.8 Å². The molecule has 0 aromatic heterocycles. The summed E-state index contributed by atoms with van der Waals surface area (Å²) in [7, 11) is 0. The summed E-state index contributed by atoms with van der Waals surface area (Å²) in [6.07, 6.45) is 1.86. The minimum Gasteiger partial charge on any atom is -0.457 e. The number of ether oxygens (including phenoxy) is 1. The maximum absolute atomic E-state index is 11.7. The Morgan fingerprint density at radius 3 is 3.06 bits per heavy atom. The summed E-state index contributed by atoms with van der Waals surface area (Å²) >= 11 is 1.34. The number of nitrogens with zero attached hydrogens (tertiary/aromatic N) is 1. The van der Waals surface area contributed by atoms with Crippen LogP contribution in [0.2, 0.25) is 0 Å². The normalized spacial score (nSPS) is 22.9. The molecule has 1 N–H and O–H groups in total. The molecule has 2 aliphatic heterocycles. The lowest BCUT2D eigenvalue weighted by Gasteiger charge is -2.34. The van der Waals surface area contributed by atoms with E-state index in [1.165, 1.54) is 22.7 Å². The number of hydrogen-bond donors (Lipinski definition) is 1. The van der Waals surface area contributed by atoms with Gasteiger partial charge in [0.25, 0.3) is 0 Å². The quantitative estimate of drug-likeness (QED) is 0.433. The van der Waals surface area contributed by atoms with Crippen LogP contribution in [0.1, 0.15) is 6.42 Å². The molecule has 0 aromatic rings. The highest BCUT2D eigenvalue weighted by atomic mass is 32.2. The zero-order chi connectivity index (χ0) is 11.7. The van der Waals surface area contributed by atoms with Crippen LogP contribution in [0, 0.1) is 0 Å². The van der Waals surface area contributed by atoms with Crippen LogP contribution in [0.3, 0.4) is 0 Å². The fraction of sp³-hybridized carbons (Fsp3) is 0.400. The maximum Gasteiger partial charge on any atom is 0.356 e. The number of carbonyl (C=O) groups is 2. The minimum absolute atomic E-state index is 0.0408. The highest BCUT2D eigenvalue weighted by Gasteiger charge is 2.48. The third kappa shape index (κ3) is 1.64. The smallest absolute Gasteiger partial charge is 0.356 e. The van der Waals surface area contributed by atoms with Gasteiger partial charge in [0.15, 0.2) is 0 Å². The zero-order valence-corrected chi connectivity index (χ0v) is 9.33. The van der Waals surface area contributed by atoms with E-state index in [-0.39, 0.29) is 30.2 Å². The number of fused-ring (bicyclic) bond motifs is 1. The van der Waals surface area contributed by atoms with Gasteiger partial charge >= 0.3 is 5.97 Å². The van der Waals surface area contributed by atoms with Crippen LogP contribution in [0.4, 0.5) is 0 Å². The van der Waals surface area contributed by atoms with Crippen LogP contribution >= 0.6 is 11.8 Å². The van der Waals surface area contributed by atoms with E-state index in [2.05, 4.69) is 6.58 Å². The number of aliphatic hydroxyl groups excluding tert-OH is 1. The highest BCUT2D eigenvalue weighted by molar-refractivity contribution is 8.04. The van der Waals surface area contributed by atoms with Crippen LogP contribution in [0.25, 0.3) is 0 Å². The molecule has 0 saturated carbocycles. The van der Waals surface area contributed by atoms with E-state index < -0.39 is 5.97 Å². The molecule has 0 radical (unpaired) electrons. The van der Waals surface area contributed by atoms with Gasteiger partial charge < -0.3 is 9.84 Å². The largest absolute Gasteiger partial charge is 0.457 e. The first-order valence-corrected chi connectivity index (χ1v) is 5.67. The lowest BCUT2D eigenvalue weighted by molar-refractivity contribution is -0.148. The third-order valence-corrected chi connectivity index (χ3v) is 3.61. The number of rotatable bonds is 4. The standard InChI is InChI=1S/C10H11NO4S/c1-2-3-15-10(14)9-6(5-12)16-8-4-7(13)11(8)9/h2,8,12H,1,3-5H2. The SMILES string of the molecule is C=CCOC(=O)C1=C(CO)SC2CC(=O)N12. The van der Waals surface area contributed by atoms with Gasteiger partial charge in [0.05, 0.1) is 18.4 Å². The first kappa shape index (κ1) is 11.2. The van der Waals surface area contributed by atoms with Crippen LogP contribution in [0.5, 0.6) is 0 Å². The van der Waals surface area contributed by atoms with Crippen molar-refractivity contribution >= 4 is 23.6 Å². The second-order valence-electron chi connectivity index (χ2n) is 3.36. The lowest BCUT2D eigenvalue weighted by Crippen LogP contribution is -2.48. The van der Waals surface area contributed by atoms with Crippen molar-refractivity contribution in [2.45, 2.75) is 11.8 Å². The molecule has 1 amide bonds. The lowest BCUT2D eigenvalue weighted by atomic mass is 10.1. The molecule has 16 heavy (non-hydrogen) atoms. The fourth-order valence-corrected chi connectivity index (χ4v) is 2.88. The Morgan fingerprint density at radius 2 is 2.50 bits per heavy atom. The zero-order valence-electron chi connectivity index (χ0n) is 8.51. The Morgan fingerprint density at radius 1 is 1.75 bits per heavy atom. The molecule has 2 aliphatic rings. The van der Waals surface area contributed by atoms with Crippen molar-refractivity contribution in [1.82, 2.24) is 4.90 Å². The number of thioether (sulfide) groups is 1. The van der Waals surface area contributed by atoms with Crippen molar-refractivity contribution in [2.75, 3.05) is 13.2 Å². The van der Waals surface area contributed by atoms with Crippen molar-refractivity contribution in [3.05, 3.63) is 23.3 Å². The average Bonchev–Trinajstić information content (AvgIpc) is 2.58. The molecular formula is C10H11NO4S. The van der Waals surface area contributed by atoms with Crippen molar-refractivity contribution in [3.63, 3.8) is 0 Å². The third-order valence-electron chi connectivity index (χ3n) is 2.36. The van der Waals surface area contributed by atoms with Gasteiger partial charge in [-0.1, -0.05) is 24.4 Å². The molecule has 6 heteroatoms. The highest BCUT2D eigenvalue weighted by Crippen LogP contribution is 2.45. The van der Waals surface area contributed by atoms with Gasteiger partial charge in [-0.05, 0) is 0 Å². The summed E-state index contributed by atoms with van der Waals surface area (Å²) in [5.74, 6) is -0.682. The maximum atomic E-state index is 11.7. The van der Waals surface area contributed by atoms with Crippen LogP contribution in [-0.2, 0) is 14.3 Å². The fourth-order valence-electron chi connectivity index (χ4n) is 1.63. The number of amides is 1. The molecule has 1 saturated heterocycles. The molecule has 0 aromatic carbocycles. The van der Waals surface area contributed by atoms with E-state index >= 15 is 0 Å². The van der Waals surface area contributed by atoms with Crippen LogP contribution in [0.15, 0.2) is 23.3 Å². The van der Waals surface area contributed by atoms with Crippen molar-refractivity contribution in [3.8, 4) is 0 Å². The second-order valence-corrected chi connectivity index (χ2v) is 4.63. The first-order chi connectivity index (χ1) is 7.69. The summed E-state index contributed by atoms with van der Waals surface area (Å²) in [5.41, 5.74) is 0.190. The Labute approximate surface area is 96.7 Å². The number of esters is 1. The summed E-state index contributed by atoms with van der Waals surface area (Å²) < 4.78 is 4.87. The van der Waals surface area contributed by atoms with E-state index in [9.17, 15) is 9.59 Å². The number of carbonyl (C=O) groups excluding carboxylic acids is 2. The van der Waals surface area contributed by atoms with Crippen LogP contribution in [-0.4, -0.2) is 40.5 Å². The summed E-state index contributed by atoms with van der Waals surface area (Å²) in [6.45, 7) is 3.28. The van der Waals surface area contributed by atoms with Gasteiger partial charge in [0.2, 0.25) is 5.91 Å². The monoisotopic (exact) mass is 241 g/mol. The predicted molar refractivity (Wildman–Crippen MR) is 58.1 cm³/mol. The molecule has 2 heterocycles. The Kier molecular flexibility index (Phi) is 3.02. The minimum atomic E-state index is -0.577. The summed E-state index contributed by atoms with van der Waals surface area (Å²) in [6, 6.07) is 0. The number of aliphatic hydroxyl groups is 1. The van der Waals surface area contributed by atoms with Gasteiger partial charge in [-0.15, -0.1) is 0 Å². The van der Waals surface area contributed by atoms with E-state index in [4.69, 9.17) is 9.84 Å². The van der Waals surface area contributed by atoms with E-state index in [0.717, 1.165) is 0 Å². The second kappa shape index (κ2) is 4.31. The Balaban J connectivity index is 2.17. The van der Waals surface area contributed by atoms with Crippen molar-refractivity contribution in [2.24, 2.45) is 0 Å². The molecule has 5 nitrogen and oxygen atoms in total. The van der Waals surface area contributed by atoms with E-state index in [1.54, 1.807) is 0 Å². The molecule has 86 valence electrons. The molecule has 1 fully saturated rings. The van der Waals surface area contributed by atoms with Crippen molar-refractivity contribution in [1.29, 1.82) is 0 Å². The first-order valence-electron chi connectivity index (χ1n) is 4.79. The summed E-state index contributed by atoms with van der Waals surface area (Å²) in [4.78, 5) is 24.9. The molecule has 2 rings (SSSR count). The molecule has 1 atom stereocenters. The van der Waals surface area contributed by atoms with Gasteiger partial charge in [-0.2, -0.15) is 0 Å². The Bertz CT molecular complexity index is 390. The molecule has 0 aliphatic carbocycles. The predicted octanol–water partition coefficient (Wildman–Crippen LogP) is 0.225. The molecular weight excluding hydrogens is 230 g/mol. The van der Waals surface area contributed by atoms with Crippen LogP contribution < -0.4 is 0 Å². The van der Waals surface area contributed by atoms with Gasteiger partial charge in [-0.25, -0.2) is 4.79 Å². The number of hydrogen-bond acceptors (Lipinski definition) is 5. The molecule has 0 bridgehead atoms. The average molecular weight is 241 g/mol. The van der Waals surface area contributed by atoms with Crippen molar-refractivity contribution < 1.29 is 19.4 Å². The van der Waals surface area contributed by atoms with E-state index in [1.807, 2.05) is 0 Å². The van der Waals surface area contributed by atoms with Gasteiger partial charge in [0.1, 0.15) is 12.3 Å². The number of β-lactam (4-membered cyclic amide) rings is 1. The Hall–Kier alpha value is -1.27. The van der Waals surface area contributed by atoms with Gasteiger partial charge in [0, 0.05) is 4.91 Å². The summed E-state index contributed by atoms with van der Waals surface area (Å²) in [5, 5.41) is 9.07. The molecule has 1 unspecified atom stereocenters.